The molecule has 1 aromatic carbocycles. The van der Waals surface area contributed by atoms with Crippen molar-refractivity contribution in [1.29, 1.82) is 0 Å². The van der Waals surface area contributed by atoms with E-state index in [1.54, 1.807) is 36.5 Å². The number of nitrogens with one attached hydrogen (secondary N) is 1. The summed E-state index contributed by atoms with van der Waals surface area (Å²) in [5.41, 5.74) is 0.663. The van der Waals surface area contributed by atoms with Crippen LogP contribution in [0.3, 0.4) is 0 Å². The molecular formula is C15H15Cl2NO2S. The minimum Gasteiger partial charge on any atom is -0.465 e. The summed E-state index contributed by atoms with van der Waals surface area (Å²) in [6, 6.07) is 8.43. The maximum Gasteiger partial charge on any atom is 0.327 e. The van der Waals surface area contributed by atoms with Crippen LogP contribution in [0.4, 0.5) is 0 Å². The SMILES string of the molecule is CCOC(=O)C(NCc1cccs1)c1ccc(Cl)cc1Cl. The highest BCUT2D eigenvalue weighted by atomic mass is 35.5. The van der Waals surface area contributed by atoms with Crippen molar-refractivity contribution in [2.24, 2.45) is 0 Å². The van der Waals surface area contributed by atoms with E-state index in [0.29, 0.717) is 28.8 Å². The third-order valence-electron chi connectivity index (χ3n) is 2.86. The monoisotopic (exact) mass is 343 g/mol. The van der Waals surface area contributed by atoms with E-state index in [-0.39, 0.29) is 5.97 Å². The Hall–Kier alpha value is -1.07. The van der Waals surface area contributed by atoms with Gasteiger partial charge in [-0.1, -0.05) is 35.3 Å². The molecule has 0 saturated carbocycles. The minimum absolute atomic E-state index is 0.321. The van der Waals surface area contributed by atoms with Crippen molar-refractivity contribution >= 4 is 40.5 Å². The minimum atomic E-state index is -0.614. The summed E-state index contributed by atoms with van der Waals surface area (Å²) in [5, 5.41) is 6.16. The largest absolute Gasteiger partial charge is 0.465 e. The molecule has 6 heteroatoms. The van der Waals surface area contributed by atoms with Crippen molar-refractivity contribution in [2.75, 3.05) is 6.61 Å². The number of halogens is 2. The van der Waals surface area contributed by atoms with Crippen LogP contribution in [0.2, 0.25) is 10.0 Å². The van der Waals surface area contributed by atoms with Crippen molar-refractivity contribution in [3.63, 3.8) is 0 Å². The first-order chi connectivity index (χ1) is 10.1. The number of rotatable bonds is 6. The molecular weight excluding hydrogens is 329 g/mol. The van der Waals surface area contributed by atoms with Crippen LogP contribution >= 0.6 is 34.5 Å². The molecule has 1 aromatic heterocycles. The van der Waals surface area contributed by atoms with Crippen LogP contribution in [0, 0.1) is 0 Å². The normalized spacial score (nSPS) is 12.1. The Labute approximate surface area is 137 Å². The molecule has 0 amide bonds. The van der Waals surface area contributed by atoms with Gasteiger partial charge in [0.25, 0.3) is 0 Å². The highest BCUT2D eigenvalue weighted by Gasteiger charge is 2.24. The lowest BCUT2D eigenvalue weighted by Crippen LogP contribution is -2.30. The molecule has 0 aliphatic heterocycles. The van der Waals surface area contributed by atoms with Crippen molar-refractivity contribution in [3.8, 4) is 0 Å². The summed E-state index contributed by atoms with van der Waals surface area (Å²) < 4.78 is 5.12. The van der Waals surface area contributed by atoms with Gasteiger partial charge in [-0.05, 0) is 36.1 Å². The average molecular weight is 344 g/mol. The molecule has 3 nitrogen and oxygen atoms in total. The number of hydrogen-bond donors (Lipinski definition) is 1. The molecule has 1 heterocycles. The van der Waals surface area contributed by atoms with E-state index >= 15 is 0 Å². The fourth-order valence-electron chi connectivity index (χ4n) is 1.90. The van der Waals surface area contributed by atoms with Crippen LogP contribution in [0.1, 0.15) is 23.4 Å². The number of carbonyl (C=O) groups excluding carboxylic acids is 1. The Morgan fingerprint density at radius 1 is 1.38 bits per heavy atom. The number of hydrogen-bond acceptors (Lipinski definition) is 4. The topological polar surface area (TPSA) is 38.3 Å². The second-order valence-electron chi connectivity index (χ2n) is 4.31. The second kappa shape index (κ2) is 7.80. The van der Waals surface area contributed by atoms with Crippen LogP contribution in [-0.2, 0) is 16.1 Å². The van der Waals surface area contributed by atoms with E-state index in [4.69, 9.17) is 27.9 Å². The molecule has 0 fully saturated rings. The molecule has 2 aromatic rings. The van der Waals surface area contributed by atoms with Crippen LogP contribution in [-0.4, -0.2) is 12.6 Å². The fourth-order valence-corrected chi connectivity index (χ4v) is 3.07. The Bertz CT molecular complexity index is 602. The zero-order valence-corrected chi connectivity index (χ0v) is 13.8. The smallest absolute Gasteiger partial charge is 0.327 e. The molecule has 0 aliphatic carbocycles. The van der Waals surface area contributed by atoms with Gasteiger partial charge in [-0.25, -0.2) is 4.79 Å². The maximum absolute atomic E-state index is 12.2. The summed E-state index contributed by atoms with van der Waals surface area (Å²) in [4.78, 5) is 13.3. The number of carbonyl (C=O) groups is 1. The maximum atomic E-state index is 12.2. The summed E-state index contributed by atoms with van der Waals surface area (Å²) in [7, 11) is 0. The summed E-state index contributed by atoms with van der Waals surface area (Å²) in [6.07, 6.45) is 0. The van der Waals surface area contributed by atoms with Gasteiger partial charge in [0.2, 0.25) is 0 Å². The zero-order valence-electron chi connectivity index (χ0n) is 11.4. The van der Waals surface area contributed by atoms with Crippen LogP contribution < -0.4 is 5.32 Å². The molecule has 0 bridgehead atoms. The van der Waals surface area contributed by atoms with Gasteiger partial charge in [0.05, 0.1) is 6.61 Å². The second-order valence-corrected chi connectivity index (χ2v) is 6.19. The van der Waals surface area contributed by atoms with E-state index in [2.05, 4.69) is 5.32 Å². The van der Waals surface area contributed by atoms with Crippen molar-refractivity contribution in [1.82, 2.24) is 5.32 Å². The number of ether oxygens (including phenoxy) is 1. The van der Waals surface area contributed by atoms with Gasteiger partial charge >= 0.3 is 5.97 Å². The molecule has 112 valence electrons. The molecule has 0 saturated heterocycles. The van der Waals surface area contributed by atoms with Crippen LogP contribution in [0.15, 0.2) is 35.7 Å². The molecule has 1 unspecified atom stereocenters. The average Bonchev–Trinajstić information content (AvgIpc) is 2.94. The lowest BCUT2D eigenvalue weighted by molar-refractivity contribution is -0.145. The van der Waals surface area contributed by atoms with E-state index in [1.807, 2.05) is 17.5 Å². The van der Waals surface area contributed by atoms with Crippen LogP contribution in [0.5, 0.6) is 0 Å². The Kier molecular flexibility index (Phi) is 6.06. The van der Waals surface area contributed by atoms with Gasteiger partial charge in [-0.15, -0.1) is 11.3 Å². The lowest BCUT2D eigenvalue weighted by Gasteiger charge is -2.18. The summed E-state index contributed by atoms with van der Waals surface area (Å²) in [6.45, 7) is 2.67. The Balaban J connectivity index is 2.20. The first kappa shape index (κ1) is 16.3. The first-order valence-electron chi connectivity index (χ1n) is 6.49. The molecule has 0 spiro atoms. The zero-order chi connectivity index (χ0) is 15.2. The van der Waals surface area contributed by atoms with Crippen LogP contribution in [0.25, 0.3) is 0 Å². The van der Waals surface area contributed by atoms with Gasteiger partial charge in [0, 0.05) is 21.5 Å². The highest BCUT2D eigenvalue weighted by molar-refractivity contribution is 7.09. The standard InChI is InChI=1S/C15H15Cl2NO2S/c1-2-20-15(19)14(18-9-11-4-3-7-21-11)12-6-5-10(16)8-13(12)17/h3-8,14,18H,2,9H2,1H3. The quantitative estimate of drug-likeness (QED) is 0.787. The predicted octanol–water partition coefficient (Wildman–Crippen LogP) is 4.45. The van der Waals surface area contributed by atoms with E-state index in [9.17, 15) is 4.79 Å². The van der Waals surface area contributed by atoms with Crippen molar-refractivity contribution < 1.29 is 9.53 Å². The van der Waals surface area contributed by atoms with Gasteiger partial charge in [0.15, 0.2) is 0 Å². The number of benzene rings is 1. The number of esters is 1. The third kappa shape index (κ3) is 4.45. The fraction of sp³-hybridized carbons (Fsp3) is 0.267. The number of thiophene rings is 1. The molecule has 2 rings (SSSR count). The third-order valence-corrected chi connectivity index (χ3v) is 4.30. The van der Waals surface area contributed by atoms with E-state index in [0.717, 1.165) is 4.88 Å². The summed E-state index contributed by atoms with van der Waals surface area (Å²) >= 11 is 13.7. The van der Waals surface area contributed by atoms with Gasteiger partial charge < -0.3 is 4.74 Å². The van der Waals surface area contributed by atoms with Gasteiger partial charge in [-0.3, -0.25) is 5.32 Å². The molecule has 1 N–H and O–H groups in total. The van der Waals surface area contributed by atoms with Gasteiger partial charge in [-0.2, -0.15) is 0 Å². The molecule has 0 radical (unpaired) electrons. The Morgan fingerprint density at radius 2 is 2.19 bits per heavy atom. The molecule has 21 heavy (non-hydrogen) atoms. The molecule has 1 atom stereocenters. The van der Waals surface area contributed by atoms with Crippen molar-refractivity contribution in [3.05, 3.63) is 56.2 Å². The van der Waals surface area contributed by atoms with Gasteiger partial charge in [0.1, 0.15) is 6.04 Å². The van der Waals surface area contributed by atoms with Crippen molar-refractivity contribution in [2.45, 2.75) is 19.5 Å². The highest BCUT2D eigenvalue weighted by Crippen LogP contribution is 2.27. The first-order valence-corrected chi connectivity index (χ1v) is 8.12. The van der Waals surface area contributed by atoms with E-state index in [1.165, 1.54) is 0 Å². The van der Waals surface area contributed by atoms with E-state index < -0.39 is 6.04 Å². The molecule has 0 aliphatic rings. The predicted molar refractivity (Wildman–Crippen MR) is 87.0 cm³/mol. The Morgan fingerprint density at radius 3 is 2.81 bits per heavy atom. The summed E-state index contributed by atoms with van der Waals surface area (Å²) in [5.74, 6) is -0.349. The lowest BCUT2D eigenvalue weighted by atomic mass is 10.1.